The summed E-state index contributed by atoms with van der Waals surface area (Å²) in [5.74, 6) is 0.751. The minimum Gasteiger partial charge on any atom is -0.340 e. The van der Waals surface area contributed by atoms with Gasteiger partial charge in [0.25, 0.3) is 5.91 Å². The molecule has 1 atom stereocenters. The maximum atomic E-state index is 13.1. The number of carbonyl (C=O) groups excluding carboxylic acids is 1. The molecule has 1 N–H and O–H groups in total. The van der Waals surface area contributed by atoms with E-state index in [1.54, 1.807) is 18.6 Å². The molecular formula is C19H17ClN6O. The van der Waals surface area contributed by atoms with Gasteiger partial charge in [-0.05, 0) is 37.1 Å². The second-order valence-corrected chi connectivity index (χ2v) is 7.30. The molecule has 0 spiro atoms. The number of pyridine rings is 1. The number of benzene rings is 1. The van der Waals surface area contributed by atoms with Crippen LogP contribution in [0.1, 0.15) is 35.1 Å². The fraction of sp³-hybridized carbons (Fsp3) is 0.263. The van der Waals surface area contributed by atoms with Crippen molar-refractivity contribution in [3.63, 3.8) is 0 Å². The highest BCUT2D eigenvalue weighted by molar-refractivity contribution is 6.31. The van der Waals surface area contributed by atoms with Gasteiger partial charge >= 0.3 is 0 Å². The van der Waals surface area contributed by atoms with Crippen molar-refractivity contribution < 1.29 is 4.79 Å². The molecule has 0 bridgehead atoms. The summed E-state index contributed by atoms with van der Waals surface area (Å²) in [6.45, 7) is 0.696. The molecule has 27 heavy (non-hydrogen) atoms. The number of amides is 1. The van der Waals surface area contributed by atoms with Gasteiger partial charge in [-0.25, -0.2) is 15.0 Å². The van der Waals surface area contributed by atoms with Crippen molar-refractivity contribution in [1.29, 1.82) is 0 Å². The number of halogens is 1. The maximum absolute atomic E-state index is 13.1. The van der Waals surface area contributed by atoms with Crippen molar-refractivity contribution in [2.24, 2.45) is 7.05 Å². The van der Waals surface area contributed by atoms with Crippen molar-refractivity contribution in [1.82, 2.24) is 29.4 Å². The molecule has 0 radical (unpaired) electrons. The topological polar surface area (TPSA) is 79.7 Å². The number of hydrogen-bond donors (Lipinski definition) is 1. The Morgan fingerprint density at radius 3 is 3.04 bits per heavy atom. The Labute approximate surface area is 160 Å². The molecule has 1 aliphatic heterocycles. The molecule has 4 aromatic rings. The molecule has 1 aromatic carbocycles. The first-order valence-electron chi connectivity index (χ1n) is 8.83. The highest BCUT2D eigenvalue weighted by Gasteiger charge is 2.33. The van der Waals surface area contributed by atoms with E-state index in [2.05, 4.69) is 19.9 Å². The minimum atomic E-state index is -0.0805. The second-order valence-electron chi connectivity index (χ2n) is 6.86. The molecule has 0 saturated carbocycles. The van der Waals surface area contributed by atoms with Crippen molar-refractivity contribution in [3.05, 3.63) is 53.2 Å². The Hall–Kier alpha value is -2.93. The summed E-state index contributed by atoms with van der Waals surface area (Å²) in [5, 5.41) is 0.659. The first-order valence-corrected chi connectivity index (χ1v) is 9.21. The number of H-pyrrole nitrogens is 1. The predicted molar refractivity (Wildman–Crippen MR) is 103 cm³/mol. The molecule has 7 nitrogen and oxygen atoms in total. The van der Waals surface area contributed by atoms with Crippen LogP contribution in [0.15, 0.2) is 36.8 Å². The Morgan fingerprint density at radius 1 is 1.26 bits per heavy atom. The first-order chi connectivity index (χ1) is 13.1. The van der Waals surface area contributed by atoms with Gasteiger partial charge in [0.2, 0.25) is 0 Å². The SMILES string of the molecule is Cn1cnc2cc(C(=O)N3CCCC3c3nc4ccc(Cl)cc4[nH]3)cnc21. The largest absolute Gasteiger partial charge is 0.340 e. The average Bonchev–Trinajstić information content (AvgIpc) is 3.38. The number of nitrogens with one attached hydrogen (secondary N) is 1. The fourth-order valence-electron chi connectivity index (χ4n) is 3.75. The molecule has 4 heterocycles. The van der Waals surface area contributed by atoms with Gasteiger partial charge < -0.3 is 14.5 Å². The van der Waals surface area contributed by atoms with Gasteiger partial charge in [-0.15, -0.1) is 0 Å². The van der Waals surface area contributed by atoms with Gasteiger partial charge in [0.1, 0.15) is 11.3 Å². The van der Waals surface area contributed by atoms with E-state index in [4.69, 9.17) is 11.6 Å². The summed E-state index contributed by atoms with van der Waals surface area (Å²) in [5.41, 5.74) is 3.77. The van der Waals surface area contributed by atoms with Crippen LogP contribution in [0.4, 0.5) is 0 Å². The van der Waals surface area contributed by atoms with E-state index in [0.29, 0.717) is 17.1 Å². The zero-order valence-corrected chi connectivity index (χ0v) is 15.4. The summed E-state index contributed by atoms with van der Waals surface area (Å²) in [7, 11) is 1.88. The lowest BCUT2D eigenvalue weighted by Crippen LogP contribution is -2.31. The molecule has 1 unspecified atom stereocenters. The summed E-state index contributed by atoms with van der Waals surface area (Å²) in [6, 6.07) is 7.28. The summed E-state index contributed by atoms with van der Waals surface area (Å²) >= 11 is 6.07. The third kappa shape index (κ3) is 2.66. The monoisotopic (exact) mass is 380 g/mol. The van der Waals surface area contributed by atoms with E-state index in [1.807, 2.05) is 34.7 Å². The molecule has 136 valence electrons. The lowest BCUT2D eigenvalue weighted by atomic mass is 10.2. The highest BCUT2D eigenvalue weighted by Crippen LogP contribution is 2.33. The van der Waals surface area contributed by atoms with Crippen LogP contribution in [0, 0.1) is 0 Å². The zero-order valence-electron chi connectivity index (χ0n) is 14.7. The second kappa shape index (κ2) is 6.06. The summed E-state index contributed by atoms with van der Waals surface area (Å²) in [4.78, 5) is 31.7. The van der Waals surface area contributed by atoms with Crippen molar-refractivity contribution >= 4 is 39.7 Å². The molecule has 1 fully saturated rings. The fourth-order valence-corrected chi connectivity index (χ4v) is 3.92. The number of nitrogens with zero attached hydrogens (tertiary/aromatic N) is 5. The number of aromatic amines is 1. The van der Waals surface area contributed by atoms with Gasteiger partial charge in [-0.3, -0.25) is 4.79 Å². The summed E-state index contributed by atoms with van der Waals surface area (Å²) < 4.78 is 1.84. The normalized spacial score (nSPS) is 17.3. The van der Waals surface area contributed by atoms with E-state index in [1.165, 1.54) is 0 Å². The van der Waals surface area contributed by atoms with Gasteiger partial charge in [0, 0.05) is 24.8 Å². The average molecular weight is 381 g/mol. The van der Waals surface area contributed by atoms with Crippen LogP contribution in [0.2, 0.25) is 5.02 Å². The van der Waals surface area contributed by atoms with Crippen LogP contribution in [-0.2, 0) is 7.05 Å². The lowest BCUT2D eigenvalue weighted by Gasteiger charge is -2.23. The van der Waals surface area contributed by atoms with Gasteiger partial charge in [-0.2, -0.15) is 0 Å². The van der Waals surface area contributed by atoms with E-state index < -0.39 is 0 Å². The van der Waals surface area contributed by atoms with Crippen LogP contribution in [-0.4, -0.2) is 41.9 Å². The van der Waals surface area contributed by atoms with Crippen molar-refractivity contribution in [2.45, 2.75) is 18.9 Å². The van der Waals surface area contributed by atoms with Gasteiger partial charge in [0.05, 0.1) is 29.0 Å². The Morgan fingerprint density at radius 2 is 2.15 bits per heavy atom. The van der Waals surface area contributed by atoms with E-state index in [0.717, 1.165) is 40.9 Å². The van der Waals surface area contributed by atoms with E-state index in [-0.39, 0.29) is 11.9 Å². The van der Waals surface area contributed by atoms with Crippen LogP contribution in [0.5, 0.6) is 0 Å². The number of fused-ring (bicyclic) bond motifs is 2. The molecule has 3 aromatic heterocycles. The van der Waals surface area contributed by atoms with Gasteiger partial charge in [0.15, 0.2) is 5.65 Å². The number of imidazole rings is 2. The maximum Gasteiger partial charge on any atom is 0.256 e. The van der Waals surface area contributed by atoms with E-state index >= 15 is 0 Å². The summed E-state index contributed by atoms with van der Waals surface area (Å²) in [6.07, 6.45) is 5.14. The standard InChI is InChI=1S/C19H17ClN6O/c1-25-10-22-15-7-11(9-21-18(15)25)19(27)26-6-2-3-16(26)17-23-13-5-4-12(20)8-14(13)24-17/h4-5,7-10,16H,2-3,6H2,1H3,(H,23,24). The molecule has 0 aliphatic carbocycles. The zero-order chi connectivity index (χ0) is 18.5. The van der Waals surface area contributed by atoms with Crippen LogP contribution >= 0.6 is 11.6 Å². The highest BCUT2D eigenvalue weighted by atomic mass is 35.5. The number of hydrogen-bond acceptors (Lipinski definition) is 4. The third-order valence-electron chi connectivity index (χ3n) is 5.09. The van der Waals surface area contributed by atoms with Crippen molar-refractivity contribution in [3.8, 4) is 0 Å². The number of aromatic nitrogens is 5. The molecular weight excluding hydrogens is 364 g/mol. The van der Waals surface area contributed by atoms with Crippen molar-refractivity contribution in [2.75, 3.05) is 6.54 Å². The molecule has 1 amide bonds. The molecule has 8 heteroatoms. The number of carbonyl (C=O) groups is 1. The molecule has 5 rings (SSSR count). The van der Waals surface area contributed by atoms with Crippen LogP contribution < -0.4 is 0 Å². The minimum absolute atomic E-state index is 0.0453. The lowest BCUT2D eigenvalue weighted by molar-refractivity contribution is 0.0730. The first kappa shape index (κ1) is 16.3. The number of aryl methyl sites for hydroxylation is 1. The third-order valence-corrected chi connectivity index (χ3v) is 5.32. The molecule has 1 aliphatic rings. The Bertz CT molecular complexity index is 1180. The quantitative estimate of drug-likeness (QED) is 0.577. The Kier molecular flexibility index (Phi) is 3.65. The number of rotatable bonds is 2. The smallest absolute Gasteiger partial charge is 0.256 e. The predicted octanol–water partition coefficient (Wildman–Crippen LogP) is 3.48. The molecule has 1 saturated heterocycles. The van der Waals surface area contributed by atoms with Crippen LogP contribution in [0.25, 0.3) is 22.2 Å². The van der Waals surface area contributed by atoms with Gasteiger partial charge in [-0.1, -0.05) is 11.6 Å². The van der Waals surface area contributed by atoms with E-state index in [9.17, 15) is 4.79 Å². The van der Waals surface area contributed by atoms with Crippen LogP contribution in [0.3, 0.4) is 0 Å². The Balaban J connectivity index is 1.49. The number of likely N-dealkylation sites (tertiary alicyclic amines) is 1.